The van der Waals surface area contributed by atoms with Gasteiger partial charge in [0.15, 0.2) is 0 Å². The molecule has 0 bridgehead atoms. The van der Waals surface area contributed by atoms with E-state index >= 15 is 0 Å². The van der Waals surface area contributed by atoms with Crippen molar-refractivity contribution in [2.75, 3.05) is 0 Å². The molecule has 16 valence electrons. The van der Waals surface area contributed by atoms with Crippen molar-refractivity contribution in [3.05, 3.63) is 0 Å². The zero-order valence-electron chi connectivity index (χ0n) is 2.14. The molecule has 0 aliphatic rings. The molecule has 0 aromatic carbocycles. The van der Waals surface area contributed by atoms with E-state index in [1.807, 2.05) is 0 Å². The van der Waals surface area contributed by atoms with E-state index in [0.29, 0.717) is 0 Å². The van der Waals surface area contributed by atoms with Gasteiger partial charge in [-0.1, -0.05) is 0 Å². The molecule has 2 radical (unpaired) electrons. The Hall–Kier alpha value is 1.21. The molecule has 0 spiro atoms. The first-order valence-electron chi connectivity index (χ1n) is 0.729. The van der Waals surface area contributed by atoms with Crippen molar-refractivity contribution in [2.24, 2.45) is 0 Å². The molecule has 0 aliphatic carbocycles. The van der Waals surface area contributed by atoms with Gasteiger partial charge in [0.05, 0.1) is 0 Å². The summed E-state index contributed by atoms with van der Waals surface area (Å²) in [6.07, 6.45) is 0. The summed E-state index contributed by atoms with van der Waals surface area (Å²) in [5.41, 5.74) is 0. The van der Waals surface area contributed by atoms with Gasteiger partial charge in [-0.05, 0) is 0 Å². The normalized spacial score (nSPS) is 7.50. The summed E-state index contributed by atoms with van der Waals surface area (Å²) in [4.78, 5) is 0. The van der Waals surface area contributed by atoms with Gasteiger partial charge in [0.25, 0.3) is 0 Å². The van der Waals surface area contributed by atoms with Gasteiger partial charge in [-0.3, -0.25) is 0 Å². The van der Waals surface area contributed by atoms with E-state index in [1.165, 1.54) is 16.6 Å². The zero-order chi connectivity index (χ0) is 3.41. The molecule has 0 N–H and O–H groups in total. The first-order chi connectivity index (χ1) is 1.91. The maximum atomic E-state index is 4.99. The van der Waals surface area contributed by atoms with Crippen LogP contribution in [0.3, 0.4) is 0 Å². The van der Waals surface area contributed by atoms with Crippen LogP contribution in [0.15, 0.2) is 0 Å². The van der Waals surface area contributed by atoms with Crippen LogP contribution in [-0.4, -0.2) is 7.57 Å². The third-order valence-corrected chi connectivity index (χ3v) is 3.49. The Morgan fingerprint density at radius 2 is 2.25 bits per heavy atom. The molecule has 4 heteroatoms. The van der Waals surface area contributed by atoms with E-state index in [2.05, 4.69) is 0 Å². The van der Waals surface area contributed by atoms with Crippen LogP contribution in [0.5, 0.6) is 0 Å². The Balaban J connectivity index is 3.11. The predicted octanol–water partition coefficient (Wildman–Crippen LogP) is 0.475. The molecule has 0 unspecified atom stereocenters. The summed E-state index contributed by atoms with van der Waals surface area (Å²) in [5, 5.41) is 0. The molecule has 0 atom stereocenters. The molecule has 0 saturated heterocycles. The Morgan fingerprint density at radius 1 is 2.00 bits per heavy atom. The van der Waals surface area contributed by atoms with Crippen molar-refractivity contribution in [1.82, 2.24) is 0 Å². The Bertz CT molecular complexity index is 46.0. The number of rotatable bonds is 0. The van der Waals surface area contributed by atoms with Crippen LogP contribution >= 0.6 is 7.23 Å². The second kappa shape index (κ2) is 4.21. The van der Waals surface area contributed by atoms with Crippen LogP contribution in [0, 0.1) is 0 Å². The van der Waals surface area contributed by atoms with Crippen molar-refractivity contribution < 1.29 is 16.6 Å². The van der Waals surface area contributed by atoms with E-state index in [-0.39, 0.29) is 0 Å². The van der Waals surface area contributed by atoms with Crippen molar-refractivity contribution in [3.63, 3.8) is 0 Å². The molecule has 0 aromatic heterocycles. The first-order valence-corrected chi connectivity index (χ1v) is 6.92. The molecule has 0 fully saturated rings. The van der Waals surface area contributed by atoms with Crippen molar-refractivity contribution in [1.29, 1.82) is 0 Å². The van der Waals surface area contributed by atoms with E-state index in [0.717, 1.165) is 7.23 Å². The van der Waals surface area contributed by atoms with Crippen LogP contribution in [0.25, 0.3) is 0 Å². The molecule has 0 saturated carbocycles. The van der Waals surface area contributed by atoms with Gasteiger partial charge in [0, 0.05) is 0 Å². The molecule has 0 nitrogen and oxygen atoms in total. The fourth-order valence-corrected chi connectivity index (χ4v) is 0. The summed E-state index contributed by atoms with van der Waals surface area (Å²) < 4.78 is 0. The Labute approximate surface area is 40.0 Å². The standard InChI is InChI=1S/BPS.Zn/c1-2-3;. The topological polar surface area (TPSA) is 0 Å². The minimum atomic E-state index is 0.971. The molecule has 0 heterocycles. The van der Waals surface area contributed by atoms with Crippen LogP contribution in [0.2, 0.25) is 0 Å². The van der Waals surface area contributed by atoms with Crippen LogP contribution in [0.4, 0.5) is 0 Å². The Kier molecular flexibility index (Phi) is 5.48. The first kappa shape index (κ1) is 5.21. The summed E-state index contributed by atoms with van der Waals surface area (Å²) in [5.74, 6) is 0. The van der Waals surface area contributed by atoms with Crippen molar-refractivity contribution in [2.45, 2.75) is 0 Å². The summed E-state index contributed by atoms with van der Waals surface area (Å²) in [6.45, 7) is 0. The van der Waals surface area contributed by atoms with Gasteiger partial charge in [0.2, 0.25) is 0 Å². The molecule has 4 heavy (non-hydrogen) atoms. The zero-order valence-corrected chi connectivity index (χ0v) is 6.82. The molecular formula is BPSZn. The average molecular weight is 139 g/mol. The van der Waals surface area contributed by atoms with Gasteiger partial charge >= 0.3 is 39.8 Å². The van der Waals surface area contributed by atoms with Gasteiger partial charge in [-0.15, -0.1) is 0 Å². The fraction of sp³-hybridized carbons (Fsp3) is 0. The second-order valence-corrected chi connectivity index (χ2v) is 6.99. The Morgan fingerprint density at radius 3 is 2.25 bits per heavy atom. The van der Waals surface area contributed by atoms with E-state index in [4.69, 9.17) is 7.57 Å². The third-order valence-electron chi connectivity index (χ3n) is 0.0745. The van der Waals surface area contributed by atoms with Crippen LogP contribution in [-0.2, 0) is 25.0 Å². The summed E-state index contributed by atoms with van der Waals surface area (Å²) in [7, 11) is 7.70. The third kappa shape index (κ3) is 3.21. The molecule has 0 amide bonds. The van der Waals surface area contributed by atoms with Crippen molar-refractivity contribution in [3.8, 4) is 0 Å². The minimum absolute atomic E-state index is 0.971. The van der Waals surface area contributed by atoms with Gasteiger partial charge in [0.1, 0.15) is 0 Å². The van der Waals surface area contributed by atoms with Crippen LogP contribution < -0.4 is 0 Å². The van der Waals surface area contributed by atoms with Crippen molar-refractivity contribution >= 4 is 23.2 Å². The van der Waals surface area contributed by atoms with E-state index < -0.39 is 0 Å². The van der Waals surface area contributed by atoms with Gasteiger partial charge in [-0.2, -0.15) is 0 Å². The summed E-state index contributed by atoms with van der Waals surface area (Å²) in [6, 6.07) is 0. The number of hydrogen-bond acceptors (Lipinski definition) is 0. The SMILES string of the molecule is [B]P=[S]=[Zn]. The molecule has 0 rings (SSSR count). The monoisotopic (exact) mass is 138 g/mol. The van der Waals surface area contributed by atoms with E-state index in [1.54, 1.807) is 8.43 Å². The quantitative estimate of drug-likeness (QED) is 0.338. The van der Waals surface area contributed by atoms with E-state index in [9.17, 15) is 0 Å². The molecular weight excluding hydrogens is 139 g/mol. The molecule has 0 aromatic rings. The van der Waals surface area contributed by atoms with Gasteiger partial charge < -0.3 is 0 Å². The van der Waals surface area contributed by atoms with Gasteiger partial charge in [-0.25, -0.2) is 0 Å². The van der Waals surface area contributed by atoms with Crippen LogP contribution in [0.1, 0.15) is 0 Å². The molecule has 0 aliphatic heterocycles. The summed E-state index contributed by atoms with van der Waals surface area (Å²) >= 11 is 1.25. The fourth-order valence-electron chi connectivity index (χ4n) is 0. The number of hydrogen-bond donors (Lipinski definition) is 0. The average Bonchev–Trinajstić information content (AvgIpc) is 1.37. The second-order valence-electron chi connectivity index (χ2n) is 0.235. The maximum absolute atomic E-state index is 4.99. The predicted molar refractivity (Wildman–Crippen MR) is 20.0 cm³/mol.